The van der Waals surface area contributed by atoms with Gasteiger partial charge in [-0.2, -0.15) is 0 Å². The first-order chi connectivity index (χ1) is 13.9. The minimum atomic E-state index is -0.664. The minimum Gasteiger partial charge on any atom is -0.481 e. The lowest BCUT2D eigenvalue weighted by Gasteiger charge is -2.22. The van der Waals surface area contributed by atoms with Crippen LogP contribution < -0.4 is 4.74 Å². The molecule has 0 aromatic heterocycles. The highest BCUT2D eigenvalue weighted by Crippen LogP contribution is 2.18. The van der Waals surface area contributed by atoms with Crippen molar-refractivity contribution in [3.63, 3.8) is 0 Å². The van der Waals surface area contributed by atoms with Gasteiger partial charge < -0.3 is 9.64 Å². The van der Waals surface area contributed by atoms with Gasteiger partial charge in [0.2, 0.25) is 0 Å². The molecule has 0 aliphatic carbocycles. The second-order valence-electron chi connectivity index (χ2n) is 6.80. The quantitative estimate of drug-likeness (QED) is 0.558. The monoisotopic (exact) mass is 391 g/mol. The van der Waals surface area contributed by atoms with Gasteiger partial charge in [0, 0.05) is 24.7 Å². The van der Waals surface area contributed by atoms with Gasteiger partial charge in [-0.15, -0.1) is 0 Å². The number of ketones is 1. The van der Waals surface area contributed by atoms with Crippen LogP contribution in [0.15, 0.2) is 78.9 Å². The maximum absolute atomic E-state index is 13.0. The van der Waals surface area contributed by atoms with Crippen LogP contribution in [0.1, 0.15) is 28.4 Å². The number of rotatable bonds is 7. The normalized spacial score (nSPS) is 11.6. The summed E-state index contributed by atoms with van der Waals surface area (Å²) in [7, 11) is 1.74. The number of carbonyl (C=O) groups is 2. The lowest BCUT2D eigenvalue weighted by atomic mass is 10.0. The lowest BCUT2D eigenvalue weighted by Crippen LogP contribution is -2.37. The highest BCUT2D eigenvalue weighted by molar-refractivity contribution is 6.09. The van der Waals surface area contributed by atoms with Crippen molar-refractivity contribution < 1.29 is 18.7 Å². The first-order valence-electron chi connectivity index (χ1n) is 9.30. The van der Waals surface area contributed by atoms with E-state index in [0.29, 0.717) is 23.4 Å². The third-order valence-corrected chi connectivity index (χ3v) is 4.52. The van der Waals surface area contributed by atoms with Gasteiger partial charge in [-0.1, -0.05) is 30.3 Å². The Morgan fingerprint density at radius 3 is 2.03 bits per heavy atom. The predicted molar refractivity (Wildman–Crippen MR) is 109 cm³/mol. The zero-order valence-electron chi connectivity index (χ0n) is 16.3. The summed E-state index contributed by atoms with van der Waals surface area (Å²) in [5.74, 6) is -0.237. The number of amides is 1. The summed E-state index contributed by atoms with van der Waals surface area (Å²) in [6.45, 7) is 2.19. The van der Waals surface area contributed by atoms with Crippen LogP contribution in [0.25, 0.3) is 0 Å². The van der Waals surface area contributed by atoms with Gasteiger partial charge >= 0.3 is 0 Å². The molecule has 0 N–H and O–H groups in total. The zero-order chi connectivity index (χ0) is 20.8. The van der Waals surface area contributed by atoms with E-state index in [1.165, 1.54) is 24.3 Å². The Hall–Kier alpha value is -3.47. The third-order valence-electron chi connectivity index (χ3n) is 4.52. The Balaban J connectivity index is 1.60. The number of hydrogen-bond acceptors (Lipinski definition) is 3. The van der Waals surface area contributed by atoms with Crippen LogP contribution in [0.4, 0.5) is 4.39 Å². The molecule has 0 aliphatic rings. The fraction of sp³-hybridized carbons (Fsp3) is 0.167. The van der Waals surface area contributed by atoms with E-state index in [4.69, 9.17) is 4.74 Å². The van der Waals surface area contributed by atoms with E-state index < -0.39 is 6.10 Å². The Labute approximate surface area is 169 Å². The Morgan fingerprint density at radius 1 is 0.897 bits per heavy atom. The van der Waals surface area contributed by atoms with E-state index in [0.717, 1.165) is 5.56 Å². The summed E-state index contributed by atoms with van der Waals surface area (Å²) in [6, 6.07) is 21.7. The van der Waals surface area contributed by atoms with Crippen molar-refractivity contribution in [1.82, 2.24) is 4.90 Å². The number of hydrogen-bond donors (Lipinski definition) is 0. The molecular weight excluding hydrogens is 369 g/mol. The molecule has 0 unspecified atom stereocenters. The smallest absolute Gasteiger partial charge is 0.263 e. The summed E-state index contributed by atoms with van der Waals surface area (Å²) < 4.78 is 18.8. The van der Waals surface area contributed by atoms with Gasteiger partial charge in [-0.25, -0.2) is 4.39 Å². The number of carbonyl (C=O) groups excluding carboxylic acids is 2. The second kappa shape index (κ2) is 9.15. The van der Waals surface area contributed by atoms with Crippen LogP contribution in [0.2, 0.25) is 0 Å². The molecular formula is C24H22FNO3. The molecule has 148 valence electrons. The number of benzene rings is 3. The lowest BCUT2D eigenvalue weighted by molar-refractivity contribution is -0.137. The van der Waals surface area contributed by atoms with Gasteiger partial charge in [0.1, 0.15) is 11.6 Å². The van der Waals surface area contributed by atoms with E-state index in [1.54, 1.807) is 43.1 Å². The molecule has 4 nitrogen and oxygen atoms in total. The Bertz CT molecular complexity index is 969. The van der Waals surface area contributed by atoms with Crippen molar-refractivity contribution in [3.05, 3.63) is 101 Å². The minimum absolute atomic E-state index is 0.139. The van der Waals surface area contributed by atoms with Crippen molar-refractivity contribution in [1.29, 1.82) is 0 Å². The molecule has 29 heavy (non-hydrogen) atoms. The molecule has 0 saturated heterocycles. The largest absolute Gasteiger partial charge is 0.481 e. The van der Waals surface area contributed by atoms with E-state index in [-0.39, 0.29) is 17.5 Å². The zero-order valence-corrected chi connectivity index (χ0v) is 16.3. The molecule has 0 heterocycles. The standard InChI is InChI=1S/C24H22FNO3/c1-17(24(28)26(2)16-18-6-4-3-5-7-18)29-22-14-10-20(11-15-22)23(27)19-8-12-21(25)13-9-19/h3-15,17H,16H2,1-2H3/t17-/m1/s1. The average molecular weight is 391 g/mol. The van der Waals surface area contributed by atoms with Crippen molar-refractivity contribution in [3.8, 4) is 5.75 Å². The van der Waals surface area contributed by atoms with Gasteiger partial charge in [0.05, 0.1) is 0 Å². The maximum atomic E-state index is 13.0. The predicted octanol–water partition coefficient (Wildman–Crippen LogP) is 4.48. The summed E-state index contributed by atoms with van der Waals surface area (Å²) in [6.07, 6.45) is -0.664. The molecule has 3 aromatic carbocycles. The molecule has 0 fully saturated rings. The molecule has 1 atom stereocenters. The molecule has 0 spiro atoms. The van der Waals surface area contributed by atoms with Crippen LogP contribution >= 0.6 is 0 Å². The third kappa shape index (κ3) is 5.29. The molecule has 0 radical (unpaired) electrons. The second-order valence-corrected chi connectivity index (χ2v) is 6.80. The van der Waals surface area contributed by atoms with Crippen LogP contribution in [0.3, 0.4) is 0 Å². The number of halogens is 1. The van der Waals surface area contributed by atoms with Crippen molar-refractivity contribution in [2.24, 2.45) is 0 Å². The highest BCUT2D eigenvalue weighted by atomic mass is 19.1. The van der Waals surface area contributed by atoms with E-state index in [2.05, 4.69) is 0 Å². The molecule has 3 aromatic rings. The van der Waals surface area contributed by atoms with E-state index in [1.807, 2.05) is 30.3 Å². The van der Waals surface area contributed by atoms with Gasteiger partial charge in [0.25, 0.3) is 5.91 Å². The topological polar surface area (TPSA) is 46.6 Å². The molecule has 1 amide bonds. The Kier molecular flexibility index (Phi) is 6.39. The molecule has 0 bridgehead atoms. The van der Waals surface area contributed by atoms with Crippen LogP contribution in [0, 0.1) is 5.82 Å². The maximum Gasteiger partial charge on any atom is 0.263 e. The highest BCUT2D eigenvalue weighted by Gasteiger charge is 2.19. The van der Waals surface area contributed by atoms with E-state index >= 15 is 0 Å². The summed E-state index contributed by atoms with van der Waals surface area (Å²) >= 11 is 0. The van der Waals surface area contributed by atoms with Gasteiger partial charge in [-0.05, 0) is 61.0 Å². The SMILES string of the molecule is C[C@@H](Oc1ccc(C(=O)c2ccc(F)cc2)cc1)C(=O)N(C)Cc1ccccc1. The number of nitrogens with zero attached hydrogens (tertiary/aromatic N) is 1. The van der Waals surface area contributed by atoms with Gasteiger partial charge in [0.15, 0.2) is 11.9 Å². The summed E-state index contributed by atoms with van der Waals surface area (Å²) in [5.41, 5.74) is 1.91. The van der Waals surface area contributed by atoms with Crippen molar-refractivity contribution in [2.75, 3.05) is 7.05 Å². The first-order valence-corrected chi connectivity index (χ1v) is 9.30. The van der Waals surface area contributed by atoms with Crippen molar-refractivity contribution in [2.45, 2.75) is 19.6 Å². The van der Waals surface area contributed by atoms with Crippen molar-refractivity contribution >= 4 is 11.7 Å². The fourth-order valence-electron chi connectivity index (χ4n) is 2.95. The number of ether oxygens (including phenoxy) is 1. The van der Waals surface area contributed by atoms with E-state index in [9.17, 15) is 14.0 Å². The van der Waals surface area contributed by atoms with Gasteiger partial charge in [-0.3, -0.25) is 9.59 Å². The van der Waals surface area contributed by atoms with Crippen LogP contribution in [-0.4, -0.2) is 29.7 Å². The first kappa shape index (κ1) is 20.3. The number of likely N-dealkylation sites (N-methyl/N-ethyl adjacent to an activating group) is 1. The fourth-order valence-corrected chi connectivity index (χ4v) is 2.95. The summed E-state index contributed by atoms with van der Waals surface area (Å²) in [5, 5.41) is 0. The van der Waals surface area contributed by atoms with Crippen LogP contribution in [-0.2, 0) is 11.3 Å². The Morgan fingerprint density at radius 2 is 1.45 bits per heavy atom. The summed E-state index contributed by atoms with van der Waals surface area (Å²) in [4.78, 5) is 26.6. The molecule has 0 saturated carbocycles. The molecule has 3 rings (SSSR count). The average Bonchev–Trinajstić information content (AvgIpc) is 2.74. The molecule has 0 aliphatic heterocycles. The van der Waals surface area contributed by atoms with Crippen LogP contribution in [0.5, 0.6) is 5.75 Å². The molecule has 5 heteroatoms.